The summed E-state index contributed by atoms with van der Waals surface area (Å²) in [4.78, 5) is 0. The van der Waals surface area contributed by atoms with Crippen LogP contribution in [0, 0.1) is 27.7 Å². The molecule has 0 aliphatic carbocycles. The quantitative estimate of drug-likeness (QED) is 0.190. The highest BCUT2D eigenvalue weighted by Crippen LogP contribution is 2.29. The van der Waals surface area contributed by atoms with Crippen molar-refractivity contribution in [3.8, 4) is 0 Å². The Balaban J connectivity index is 0.000000499. The van der Waals surface area contributed by atoms with Crippen molar-refractivity contribution in [2.75, 3.05) is 0 Å². The van der Waals surface area contributed by atoms with Crippen molar-refractivity contribution in [3.05, 3.63) is 185 Å². The second kappa shape index (κ2) is 20.5. The molecule has 0 saturated carbocycles. The molecule has 0 radical (unpaired) electrons. The van der Waals surface area contributed by atoms with Gasteiger partial charge in [-0.15, -0.1) is 0 Å². The summed E-state index contributed by atoms with van der Waals surface area (Å²) in [6.45, 7) is 29.6. The lowest BCUT2D eigenvalue weighted by molar-refractivity contribution is 1.17. The van der Waals surface area contributed by atoms with Crippen LogP contribution in [0.4, 0.5) is 0 Å². The van der Waals surface area contributed by atoms with Gasteiger partial charge >= 0.3 is 0 Å². The molecule has 44 heavy (non-hydrogen) atoms. The van der Waals surface area contributed by atoms with E-state index in [2.05, 4.69) is 164 Å². The highest BCUT2D eigenvalue weighted by molar-refractivity contribution is 5.85. The molecule has 0 fully saturated rings. The van der Waals surface area contributed by atoms with Crippen molar-refractivity contribution in [2.24, 2.45) is 0 Å². The standard InChI is InChI=1S/C28H30.C10H12.C4H6.C2H6/c1-6-27(23(5)18-26-13-8-7-11-21(26)3)28-15-14-25(17-22(28)4)19-24-12-9-10-20(2)16-24;1-8(2)10-6-4-5-9(3)7-10;1-3-4-2;1-2/h6-18H,19H2,1-5H3;4-7H,1H2,2-3H3;3-4H,1-2H2;1-2H3/b23-18+,27-6-;;;. The fraction of sp³-hybridized carbons (Fsp3) is 0.227. The monoisotopic (exact) mass is 582 g/mol. The van der Waals surface area contributed by atoms with Crippen LogP contribution in [0.1, 0.15) is 84.7 Å². The van der Waals surface area contributed by atoms with Crippen LogP contribution in [0.15, 0.2) is 135 Å². The summed E-state index contributed by atoms with van der Waals surface area (Å²) in [5.41, 5.74) is 15.6. The van der Waals surface area contributed by atoms with Gasteiger partial charge in [-0.1, -0.05) is 166 Å². The van der Waals surface area contributed by atoms with Crippen LogP contribution in [0.2, 0.25) is 0 Å². The molecular formula is C44H54. The third kappa shape index (κ3) is 12.8. The fourth-order valence-corrected chi connectivity index (χ4v) is 4.76. The first kappa shape index (κ1) is 37.6. The SMILES string of the molecule is C/C=C(/C(C)=C/c1ccccc1C)c1ccc(Cc2cccc(C)c2)cc1C.C=C(C)c1cccc(C)c1.C=CC=C.CC. The molecular weight excluding hydrogens is 528 g/mol. The lowest BCUT2D eigenvalue weighted by Crippen LogP contribution is -1.95. The van der Waals surface area contributed by atoms with E-state index in [0.717, 1.165) is 12.0 Å². The van der Waals surface area contributed by atoms with Gasteiger partial charge in [0.25, 0.3) is 0 Å². The predicted octanol–water partition coefficient (Wildman–Crippen LogP) is 13.1. The second-order valence-corrected chi connectivity index (χ2v) is 10.8. The Labute approximate surface area is 269 Å². The molecule has 4 rings (SSSR count). The van der Waals surface area contributed by atoms with Crippen LogP contribution >= 0.6 is 0 Å². The third-order valence-electron chi connectivity index (χ3n) is 7.02. The van der Waals surface area contributed by atoms with Crippen molar-refractivity contribution in [1.82, 2.24) is 0 Å². The normalized spacial score (nSPS) is 10.6. The van der Waals surface area contributed by atoms with E-state index in [1.165, 1.54) is 61.2 Å². The molecule has 0 amide bonds. The summed E-state index contributed by atoms with van der Waals surface area (Å²) >= 11 is 0. The summed E-state index contributed by atoms with van der Waals surface area (Å²) in [6, 6.07) is 32.6. The van der Waals surface area contributed by atoms with Gasteiger partial charge in [-0.05, 0) is 105 Å². The van der Waals surface area contributed by atoms with E-state index in [1.54, 1.807) is 12.2 Å². The molecule has 0 aliphatic rings. The minimum absolute atomic E-state index is 0.978. The van der Waals surface area contributed by atoms with Crippen LogP contribution in [0.3, 0.4) is 0 Å². The number of allylic oxidation sites excluding steroid dienone is 6. The summed E-state index contributed by atoms with van der Waals surface area (Å²) in [7, 11) is 0. The Kier molecular flexibility index (Phi) is 17.5. The maximum absolute atomic E-state index is 3.87. The summed E-state index contributed by atoms with van der Waals surface area (Å²) < 4.78 is 0. The van der Waals surface area contributed by atoms with Gasteiger partial charge in [0.1, 0.15) is 0 Å². The van der Waals surface area contributed by atoms with Gasteiger partial charge in [-0.25, -0.2) is 0 Å². The van der Waals surface area contributed by atoms with Crippen LogP contribution in [-0.4, -0.2) is 0 Å². The molecule has 0 spiro atoms. The average molecular weight is 583 g/mol. The van der Waals surface area contributed by atoms with Crippen molar-refractivity contribution in [1.29, 1.82) is 0 Å². The molecule has 0 bridgehead atoms. The van der Waals surface area contributed by atoms with Gasteiger partial charge < -0.3 is 0 Å². The number of hydrogen-bond acceptors (Lipinski definition) is 0. The first-order chi connectivity index (χ1) is 21.1. The van der Waals surface area contributed by atoms with Gasteiger partial charge in [-0.3, -0.25) is 0 Å². The Morgan fingerprint density at radius 2 is 1.25 bits per heavy atom. The highest BCUT2D eigenvalue weighted by Gasteiger charge is 2.09. The van der Waals surface area contributed by atoms with E-state index in [-0.39, 0.29) is 0 Å². The molecule has 0 aromatic heterocycles. The zero-order valence-corrected chi connectivity index (χ0v) is 28.8. The Morgan fingerprint density at radius 3 is 1.75 bits per heavy atom. The van der Waals surface area contributed by atoms with E-state index >= 15 is 0 Å². The highest BCUT2D eigenvalue weighted by atomic mass is 14.1. The Hall–Kier alpha value is -4.42. The Morgan fingerprint density at radius 1 is 0.659 bits per heavy atom. The molecule has 4 aromatic carbocycles. The summed E-state index contributed by atoms with van der Waals surface area (Å²) in [6.07, 6.45) is 8.78. The van der Waals surface area contributed by atoms with Crippen molar-refractivity contribution >= 4 is 17.2 Å². The zero-order chi connectivity index (χ0) is 33.1. The molecule has 230 valence electrons. The predicted molar refractivity (Wildman–Crippen MR) is 201 cm³/mol. The largest absolute Gasteiger partial charge is 0.0991 e. The maximum Gasteiger partial charge on any atom is -0.00256 e. The van der Waals surface area contributed by atoms with Crippen molar-refractivity contribution < 1.29 is 0 Å². The van der Waals surface area contributed by atoms with Gasteiger partial charge in [-0.2, -0.15) is 0 Å². The van der Waals surface area contributed by atoms with E-state index < -0.39 is 0 Å². The van der Waals surface area contributed by atoms with Gasteiger partial charge in [0.15, 0.2) is 0 Å². The first-order valence-corrected chi connectivity index (χ1v) is 15.6. The van der Waals surface area contributed by atoms with Gasteiger partial charge in [0.05, 0.1) is 0 Å². The van der Waals surface area contributed by atoms with Crippen LogP contribution < -0.4 is 0 Å². The first-order valence-electron chi connectivity index (χ1n) is 15.6. The topological polar surface area (TPSA) is 0 Å². The molecule has 0 N–H and O–H groups in total. The lowest BCUT2D eigenvalue weighted by atomic mass is 9.91. The number of aryl methyl sites for hydroxylation is 4. The second-order valence-electron chi connectivity index (χ2n) is 10.8. The van der Waals surface area contributed by atoms with Crippen molar-refractivity contribution in [3.63, 3.8) is 0 Å². The molecule has 0 heteroatoms. The number of benzene rings is 4. The lowest BCUT2D eigenvalue weighted by Gasteiger charge is -2.14. The zero-order valence-electron chi connectivity index (χ0n) is 28.8. The molecule has 4 aromatic rings. The summed E-state index contributed by atoms with van der Waals surface area (Å²) in [5, 5.41) is 0. The molecule has 0 heterocycles. The molecule has 0 atom stereocenters. The molecule has 0 unspecified atom stereocenters. The number of hydrogen-bond donors (Lipinski definition) is 0. The van der Waals surface area contributed by atoms with Crippen LogP contribution in [0.5, 0.6) is 0 Å². The van der Waals surface area contributed by atoms with E-state index in [4.69, 9.17) is 0 Å². The minimum Gasteiger partial charge on any atom is -0.0991 e. The Bertz CT molecular complexity index is 1550. The maximum atomic E-state index is 3.87. The van der Waals surface area contributed by atoms with E-state index in [9.17, 15) is 0 Å². The molecule has 0 saturated heterocycles. The van der Waals surface area contributed by atoms with E-state index in [1.807, 2.05) is 20.8 Å². The van der Waals surface area contributed by atoms with Gasteiger partial charge in [0.2, 0.25) is 0 Å². The van der Waals surface area contributed by atoms with Crippen LogP contribution in [-0.2, 0) is 6.42 Å². The molecule has 0 nitrogen and oxygen atoms in total. The fourth-order valence-electron chi connectivity index (χ4n) is 4.76. The van der Waals surface area contributed by atoms with Crippen LogP contribution in [0.25, 0.3) is 17.2 Å². The smallest absolute Gasteiger partial charge is 0.00256 e. The van der Waals surface area contributed by atoms with E-state index in [0.29, 0.717) is 0 Å². The average Bonchev–Trinajstić information content (AvgIpc) is 3.01. The van der Waals surface area contributed by atoms with Gasteiger partial charge in [0, 0.05) is 0 Å². The third-order valence-corrected chi connectivity index (χ3v) is 7.02. The molecule has 0 aliphatic heterocycles. The minimum atomic E-state index is 0.978. The van der Waals surface area contributed by atoms with Crippen molar-refractivity contribution in [2.45, 2.75) is 68.7 Å². The number of rotatable bonds is 7. The summed E-state index contributed by atoms with van der Waals surface area (Å²) in [5.74, 6) is 0.